The maximum atomic E-state index is 5.48. The standard InChI is InChI=1S/C10H17N2Si.C8H12NSi.C3H7BrSi.C3H7ClSi.C3H7ISi.C2H4Br2Si.C2H4BrClSi.C2H4BrISi.C2H4Cl2Si.C2H4ClISi/c1-5-13(4)12-8-6-10(7-9-12)11(2)3;1-3-10(2)9-7-5-4-6-8-9;3*1-3-5(2)4;5*1-2-5(3)4/h5-9,13H,1H2,2-4H3;3-8,10H,1H2,2H3;3*3,5H,1H2,2H3;5*2,5H,1H2/q2*+1;;;;;;;;. The second-order valence-electron chi connectivity index (χ2n) is 11.3. The van der Waals surface area contributed by atoms with Gasteiger partial charge in [0.05, 0.1) is 0 Å². The van der Waals surface area contributed by atoms with Gasteiger partial charge in [0.15, 0.2) is 8.11 Å². The van der Waals surface area contributed by atoms with Crippen LogP contribution in [0, 0.1) is 0 Å². The van der Waals surface area contributed by atoms with Crippen molar-refractivity contribution in [2.75, 3.05) is 19.0 Å². The molecule has 0 bridgehead atoms. The van der Waals surface area contributed by atoms with Crippen molar-refractivity contribution in [1.82, 2.24) is 0 Å². The van der Waals surface area contributed by atoms with Crippen LogP contribution in [0.3, 0.4) is 0 Å². The van der Waals surface area contributed by atoms with E-state index in [1.54, 1.807) is 11.4 Å². The summed E-state index contributed by atoms with van der Waals surface area (Å²) in [5.74, 6) is 0. The maximum absolute atomic E-state index is 5.48. The van der Waals surface area contributed by atoms with Gasteiger partial charge in [-0.15, -0.1) is 208 Å². The minimum Gasteiger partial charge on any atom is -0.377 e. The lowest BCUT2D eigenvalue weighted by Gasteiger charge is -2.11. The van der Waals surface area contributed by atoms with Gasteiger partial charge in [-0.3, -0.25) is 8.47 Å². The highest BCUT2D eigenvalue weighted by Gasteiger charge is 2.11. The number of hydrogen-bond donors (Lipinski definition) is 0. The van der Waals surface area contributed by atoms with Crippen LogP contribution in [-0.2, 0) is 0 Å². The van der Waals surface area contributed by atoms with Gasteiger partial charge in [0.25, 0.3) is 7.42 Å². The highest BCUT2D eigenvalue weighted by Crippen LogP contribution is 2.06. The molecule has 0 saturated heterocycles. The zero-order valence-corrected chi connectivity index (χ0v) is 67.3. The first kappa shape index (κ1) is 83.6. The molecule has 362 valence electrons. The summed E-state index contributed by atoms with van der Waals surface area (Å²) < 4.78 is 4.51. The largest absolute Gasteiger partial charge is 0.377 e. The second kappa shape index (κ2) is 65.7. The Labute approximate surface area is 503 Å². The fraction of sp³-hybridized carbons (Fsp3) is 0.189. The molecule has 2 aromatic heterocycles. The van der Waals surface area contributed by atoms with Crippen LogP contribution in [0.15, 0.2) is 178 Å². The first-order valence-electron chi connectivity index (χ1n) is 18.4. The molecule has 0 radical (unpaired) electrons. The molecule has 0 aliphatic rings. The molecule has 3 nitrogen and oxygen atoms in total. The lowest BCUT2D eigenvalue weighted by Crippen LogP contribution is -2.47. The molecule has 2 aromatic rings. The lowest BCUT2D eigenvalue weighted by molar-refractivity contribution is -0.535. The van der Waals surface area contributed by atoms with Gasteiger partial charge in [-0.1, -0.05) is 93.1 Å². The highest BCUT2D eigenvalue weighted by atomic mass is 127. The van der Waals surface area contributed by atoms with E-state index >= 15 is 0 Å². The average Bonchev–Trinajstić information content (AvgIpc) is 3.27. The van der Waals surface area contributed by atoms with Gasteiger partial charge in [0, 0.05) is 31.9 Å². The molecular formula is C37H70Br5Cl5I3N3Si10+2. The van der Waals surface area contributed by atoms with E-state index in [9.17, 15) is 0 Å². The third-order valence-corrected chi connectivity index (χ3v) is 26.1. The normalized spacial score (nSPS) is 12.5. The number of halogens is 13. The van der Waals surface area contributed by atoms with E-state index in [2.05, 4.69) is 296 Å². The van der Waals surface area contributed by atoms with E-state index in [1.165, 1.54) is 5.69 Å². The second-order valence-corrected chi connectivity index (χ2v) is 78.7. The van der Waals surface area contributed by atoms with Crippen molar-refractivity contribution in [2.45, 2.75) is 32.7 Å². The van der Waals surface area contributed by atoms with Crippen LogP contribution in [0.1, 0.15) is 0 Å². The summed E-state index contributed by atoms with van der Waals surface area (Å²) in [5, 5.41) is 0. The summed E-state index contributed by atoms with van der Waals surface area (Å²) in [6.45, 7) is 45.5. The Balaban J connectivity index is -0.0000000917. The maximum Gasteiger partial charge on any atom is 0.370 e. The molecule has 0 aromatic carbocycles. The highest BCUT2D eigenvalue weighted by molar-refractivity contribution is 14.1. The first-order valence-corrected chi connectivity index (χ1v) is 69.0. The first-order chi connectivity index (χ1) is 29.2. The van der Waals surface area contributed by atoms with Crippen molar-refractivity contribution < 1.29 is 8.47 Å². The molecule has 0 aliphatic heterocycles. The van der Waals surface area contributed by atoms with Crippen LogP contribution in [0.4, 0.5) is 5.69 Å². The van der Waals surface area contributed by atoms with Gasteiger partial charge >= 0.3 is 17.9 Å². The van der Waals surface area contributed by atoms with Crippen LogP contribution in [0.25, 0.3) is 0 Å². The Morgan fingerprint density at radius 3 is 0.952 bits per heavy atom. The predicted molar refractivity (Wildman–Crippen MR) is 377 cm³/mol. The SMILES string of the molecule is C=C[SiH](Br)Br.C=C[SiH](Br)I.C=C[SiH](C)Br.C=C[SiH](C)Cl.C=C[SiH](C)I.C=C[SiH](C)[n+]1ccc(N(C)C)cc1.C=C[SiH](C)[n+]1ccccc1.C=C[SiH](Cl)Br.C=C[SiH](Cl)Cl.C=C[SiH](Cl)I. The topological polar surface area (TPSA) is 11.0 Å². The van der Waals surface area contributed by atoms with E-state index in [0.717, 1.165) is 0 Å². The van der Waals surface area contributed by atoms with E-state index in [4.69, 9.17) is 55.4 Å². The zero-order valence-electron chi connectivity index (χ0n) is 37.6. The van der Waals surface area contributed by atoms with Crippen molar-refractivity contribution in [2.24, 2.45) is 0 Å². The zero-order chi connectivity index (χ0) is 51.5. The van der Waals surface area contributed by atoms with Crippen LogP contribution < -0.4 is 13.4 Å². The number of pyridine rings is 2. The number of nitrogens with zero attached hydrogens (tertiary/aromatic N) is 3. The number of aromatic nitrogens is 2. The van der Waals surface area contributed by atoms with Gasteiger partial charge in [-0.2, -0.15) is 33.2 Å². The van der Waals surface area contributed by atoms with Crippen LogP contribution in [0.5, 0.6) is 0 Å². The lowest BCUT2D eigenvalue weighted by atomic mass is 10.4. The molecule has 0 fully saturated rings. The summed E-state index contributed by atoms with van der Waals surface area (Å²) in [5.41, 5.74) is 19.2. The predicted octanol–water partition coefficient (Wildman–Crippen LogP) is 14.2. The Morgan fingerprint density at radius 1 is 0.524 bits per heavy atom. The number of anilines is 1. The van der Waals surface area contributed by atoms with Crippen LogP contribution >= 0.6 is 197 Å². The molecule has 2 rings (SSSR count). The Hall–Kier alpha value is 3.71. The van der Waals surface area contributed by atoms with E-state index in [1.807, 2.05) is 73.0 Å². The van der Waals surface area contributed by atoms with Gasteiger partial charge in [-0.05, 0) is 36.6 Å². The average molecular weight is 1800 g/mol. The third kappa shape index (κ3) is 92.5. The fourth-order valence-electron chi connectivity index (χ4n) is 1.93. The van der Waals surface area contributed by atoms with Gasteiger partial charge in [0.2, 0.25) is 23.3 Å². The summed E-state index contributed by atoms with van der Waals surface area (Å²) in [4.78, 5) is 1.50. The minimum absolute atomic E-state index is 0.416. The summed E-state index contributed by atoms with van der Waals surface area (Å²) in [6.07, 6.45) is 8.04. The van der Waals surface area contributed by atoms with Gasteiger partial charge in [-0.25, -0.2) is 0 Å². The molecule has 8 atom stereocenters. The van der Waals surface area contributed by atoms with E-state index < -0.39 is 70.4 Å². The van der Waals surface area contributed by atoms with Gasteiger partial charge in [0.1, 0.15) is 38.5 Å². The monoisotopic (exact) mass is 1790 g/mol. The van der Waals surface area contributed by atoms with Gasteiger partial charge < -0.3 is 4.90 Å². The molecule has 26 heteroatoms. The molecule has 63 heavy (non-hydrogen) atoms. The molecule has 2 heterocycles. The Kier molecular flexibility index (Phi) is 87.2. The molecule has 0 aliphatic carbocycles. The van der Waals surface area contributed by atoms with E-state index in [0.29, 0.717) is 0 Å². The quantitative estimate of drug-likeness (QED) is 0.110. The molecule has 0 N–H and O–H groups in total. The van der Waals surface area contributed by atoms with Crippen LogP contribution in [-0.4, -0.2) is 84.5 Å². The Morgan fingerprint density at radius 2 is 0.810 bits per heavy atom. The van der Waals surface area contributed by atoms with Crippen molar-refractivity contribution in [3.8, 4) is 0 Å². The smallest absolute Gasteiger partial charge is 0.370 e. The van der Waals surface area contributed by atoms with Crippen molar-refractivity contribution in [1.29, 1.82) is 0 Å². The molecule has 0 saturated carbocycles. The van der Waals surface area contributed by atoms with Crippen molar-refractivity contribution in [3.05, 3.63) is 178 Å². The third-order valence-electron chi connectivity index (χ3n) is 5.58. The van der Waals surface area contributed by atoms with E-state index in [-0.39, 0.29) is 0 Å². The summed E-state index contributed by atoms with van der Waals surface area (Å²) >= 11 is 50.4. The van der Waals surface area contributed by atoms with Crippen molar-refractivity contribution >= 4 is 273 Å². The molecule has 0 spiro atoms. The fourth-order valence-corrected chi connectivity index (χ4v) is 3.87. The van der Waals surface area contributed by atoms with Crippen molar-refractivity contribution in [3.63, 3.8) is 0 Å². The number of hydrogen-bond acceptors (Lipinski definition) is 1. The Bertz CT molecular complexity index is 1260. The summed E-state index contributed by atoms with van der Waals surface area (Å²) in [6, 6.07) is 9.63. The number of rotatable bonds is 13. The molecule has 8 unspecified atom stereocenters. The van der Waals surface area contributed by atoms with Crippen LogP contribution in [0.2, 0.25) is 32.7 Å². The summed E-state index contributed by atoms with van der Waals surface area (Å²) in [7, 11) is -0.618. The minimum atomic E-state index is -1.44. The molecule has 0 amide bonds. The molecular weight excluding hydrogens is 1720 g/mol.